The minimum absolute atomic E-state index is 0.0141. The summed E-state index contributed by atoms with van der Waals surface area (Å²) < 4.78 is 55.7. The maximum absolute atomic E-state index is 13.8. The maximum atomic E-state index is 13.8. The lowest BCUT2D eigenvalue weighted by molar-refractivity contribution is -0.172. The minimum atomic E-state index is -3.63. The predicted molar refractivity (Wildman–Crippen MR) is 196 cm³/mol. The van der Waals surface area contributed by atoms with E-state index < -0.39 is 39.5 Å². The first kappa shape index (κ1) is 38.4. The van der Waals surface area contributed by atoms with Gasteiger partial charge >= 0.3 is 12.1 Å². The average Bonchev–Trinajstić information content (AvgIpc) is 3.51. The highest BCUT2D eigenvalue weighted by molar-refractivity contribution is 7.90. The van der Waals surface area contributed by atoms with E-state index in [2.05, 4.69) is 15.4 Å². The molecular formula is C38H40FN5O8S. The van der Waals surface area contributed by atoms with Gasteiger partial charge in [0.1, 0.15) is 11.6 Å². The number of nitrogens with zero attached hydrogens (tertiary/aromatic N) is 4. The number of aromatic nitrogens is 3. The molecule has 1 N–H and O–H groups in total. The van der Waals surface area contributed by atoms with Crippen LogP contribution in [0.1, 0.15) is 40.2 Å². The number of carbonyl (C=O) groups excluding carboxylic acids is 3. The second-order valence-electron chi connectivity index (χ2n) is 13.5. The van der Waals surface area contributed by atoms with Gasteiger partial charge in [-0.15, -0.1) is 5.10 Å². The standard InChI is InChI=1S/C38H40FN5O8S/c1-23(38(3,4)5)35(46)51-24(2)52-37(47)44(31-18-17-30(53(7,48)49)21-32(31)50-6)36-41-33-19-12-27(22-43(33)42-36)26-10-15-29(16-11-26)40-34(45)20-25-8-13-28(39)14-9-25/h8-19,21-24H,20H2,1-7H3,(H,40,45)/t23-,24?/m1/s1. The van der Waals surface area contributed by atoms with Gasteiger partial charge in [0.15, 0.2) is 15.5 Å². The van der Waals surface area contributed by atoms with Crippen molar-refractivity contribution in [2.45, 2.75) is 52.2 Å². The predicted octanol–water partition coefficient (Wildman–Crippen LogP) is 6.97. The molecule has 0 aliphatic rings. The Labute approximate surface area is 306 Å². The van der Waals surface area contributed by atoms with Gasteiger partial charge in [-0.05, 0) is 65.1 Å². The van der Waals surface area contributed by atoms with Crippen LogP contribution in [0.25, 0.3) is 16.8 Å². The fourth-order valence-electron chi connectivity index (χ4n) is 5.07. The third kappa shape index (κ3) is 9.35. The van der Waals surface area contributed by atoms with Gasteiger partial charge < -0.3 is 19.5 Å². The van der Waals surface area contributed by atoms with Gasteiger partial charge in [0.25, 0.3) is 5.95 Å². The number of pyridine rings is 1. The first-order valence-corrected chi connectivity index (χ1v) is 18.4. The van der Waals surface area contributed by atoms with E-state index in [4.69, 9.17) is 14.2 Å². The first-order valence-electron chi connectivity index (χ1n) is 16.5. The SMILES string of the molecule is COc1cc(S(C)(=O)=O)ccc1N(C(=O)OC(C)OC(=O)[C@@H](C)C(C)(C)C)c1nc2ccc(-c3ccc(NC(=O)Cc4ccc(F)cc4)cc3)cn2n1. The number of fused-ring (bicyclic) bond motifs is 1. The Kier molecular flexibility index (Phi) is 11.2. The Morgan fingerprint density at radius 1 is 0.925 bits per heavy atom. The van der Waals surface area contributed by atoms with Gasteiger partial charge in [0, 0.05) is 36.7 Å². The molecule has 0 radical (unpaired) electrons. The number of hydrogen-bond acceptors (Lipinski definition) is 10. The van der Waals surface area contributed by atoms with Crippen LogP contribution in [0.2, 0.25) is 0 Å². The number of rotatable bonds is 11. The summed E-state index contributed by atoms with van der Waals surface area (Å²) in [6, 6.07) is 20.3. The van der Waals surface area contributed by atoms with Crippen LogP contribution in [-0.4, -0.2) is 60.6 Å². The minimum Gasteiger partial charge on any atom is -0.495 e. The molecule has 13 nitrogen and oxygen atoms in total. The van der Waals surface area contributed by atoms with Crippen LogP contribution in [0.4, 0.5) is 26.5 Å². The maximum Gasteiger partial charge on any atom is 0.424 e. The quantitative estimate of drug-likeness (QED) is 0.111. The highest BCUT2D eigenvalue weighted by atomic mass is 32.2. The van der Waals surface area contributed by atoms with E-state index in [9.17, 15) is 27.2 Å². The van der Waals surface area contributed by atoms with Gasteiger partial charge in [0.05, 0.1) is 30.0 Å². The Bertz CT molecular complexity index is 2250. The molecule has 2 aromatic heterocycles. The molecule has 5 rings (SSSR count). The van der Waals surface area contributed by atoms with Crippen LogP contribution in [0.15, 0.2) is 90.0 Å². The summed E-state index contributed by atoms with van der Waals surface area (Å²) in [5.74, 6) is -1.81. The van der Waals surface area contributed by atoms with Gasteiger partial charge in [0.2, 0.25) is 12.2 Å². The number of hydrogen-bond donors (Lipinski definition) is 1. The number of esters is 1. The molecule has 0 aliphatic heterocycles. The zero-order valence-corrected chi connectivity index (χ0v) is 31.1. The van der Waals surface area contributed by atoms with E-state index in [0.29, 0.717) is 16.9 Å². The lowest BCUT2D eigenvalue weighted by Gasteiger charge is -2.27. The van der Waals surface area contributed by atoms with Crippen molar-refractivity contribution in [3.05, 3.63) is 96.4 Å². The van der Waals surface area contributed by atoms with E-state index in [-0.39, 0.29) is 40.4 Å². The van der Waals surface area contributed by atoms with Crippen molar-refractivity contribution in [1.29, 1.82) is 0 Å². The summed E-state index contributed by atoms with van der Waals surface area (Å²) >= 11 is 0. The second kappa shape index (κ2) is 15.4. The molecule has 278 valence electrons. The van der Waals surface area contributed by atoms with Crippen molar-refractivity contribution in [2.75, 3.05) is 23.6 Å². The third-order valence-corrected chi connectivity index (χ3v) is 9.61. The second-order valence-corrected chi connectivity index (χ2v) is 15.5. The number of benzene rings is 3. The fourth-order valence-corrected chi connectivity index (χ4v) is 5.71. The van der Waals surface area contributed by atoms with Crippen LogP contribution in [0.3, 0.4) is 0 Å². The highest BCUT2D eigenvalue weighted by Crippen LogP contribution is 2.36. The van der Waals surface area contributed by atoms with Gasteiger partial charge in [-0.25, -0.2) is 27.0 Å². The Hall–Kier alpha value is -5.83. The largest absolute Gasteiger partial charge is 0.495 e. The van der Waals surface area contributed by atoms with E-state index >= 15 is 0 Å². The van der Waals surface area contributed by atoms with Crippen LogP contribution in [0, 0.1) is 17.2 Å². The topological polar surface area (TPSA) is 158 Å². The summed E-state index contributed by atoms with van der Waals surface area (Å²) in [4.78, 5) is 44.6. The van der Waals surface area contributed by atoms with Crippen molar-refractivity contribution >= 4 is 50.8 Å². The van der Waals surface area contributed by atoms with Crippen molar-refractivity contribution in [2.24, 2.45) is 11.3 Å². The molecule has 3 aromatic carbocycles. The monoisotopic (exact) mass is 745 g/mol. The van der Waals surface area contributed by atoms with Gasteiger partial charge in [-0.2, -0.15) is 4.98 Å². The first-order chi connectivity index (χ1) is 24.9. The summed E-state index contributed by atoms with van der Waals surface area (Å²) in [6.07, 6.45) is 0.504. The zero-order chi connectivity index (χ0) is 38.7. The molecule has 53 heavy (non-hydrogen) atoms. The molecule has 0 aliphatic carbocycles. The smallest absolute Gasteiger partial charge is 0.424 e. The van der Waals surface area contributed by atoms with E-state index in [1.165, 1.54) is 48.9 Å². The fraction of sp³-hybridized carbons (Fsp3) is 0.289. The van der Waals surface area contributed by atoms with Crippen LogP contribution in [0.5, 0.6) is 5.75 Å². The third-order valence-electron chi connectivity index (χ3n) is 8.50. The number of carbonyl (C=O) groups is 3. The number of halogens is 1. The number of amides is 2. The summed E-state index contributed by atoms with van der Waals surface area (Å²) in [7, 11) is -2.31. The van der Waals surface area contributed by atoms with Crippen molar-refractivity contribution < 1.29 is 41.4 Å². The number of anilines is 3. The molecule has 15 heteroatoms. The molecule has 0 bridgehead atoms. The molecule has 2 heterocycles. The molecule has 0 spiro atoms. The van der Waals surface area contributed by atoms with Crippen LogP contribution >= 0.6 is 0 Å². The number of nitrogens with one attached hydrogen (secondary N) is 1. The van der Waals surface area contributed by atoms with Crippen molar-refractivity contribution in [3.8, 4) is 16.9 Å². The zero-order valence-electron chi connectivity index (χ0n) is 30.3. The molecular weight excluding hydrogens is 706 g/mol. The van der Waals surface area contributed by atoms with Crippen molar-refractivity contribution in [3.63, 3.8) is 0 Å². The van der Waals surface area contributed by atoms with E-state index in [1.807, 2.05) is 32.9 Å². The average molecular weight is 746 g/mol. The summed E-state index contributed by atoms with van der Waals surface area (Å²) in [5.41, 5.74) is 2.80. The molecule has 1 unspecified atom stereocenters. The van der Waals surface area contributed by atoms with E-state index in [0.717, 1.165) is 22.3 Å². The molecule has 0 fully saturated rings. The number of ether oxygens (including phenoxy) is 3. The Balaban J connectivity index is 1.42. The molecule has 0 saturated carbocycles. The number of methoxy groups -OCH3 is 1. The van der Waals surface area contributed by atoms with Crippen LogP contribution in [-0.2, 0) is 35.3 Å². The highest BCUT2D eigenvalue weighted by Gasteiger charge is 2.33. The molecule has 2 amide bonds. The molecule has 5 aromatic rings. The summed E-state index contributed by atoms with van der Waals surface area (Å²) in [5, 5.41) is 7.37. The van der Waals surface area contributed by atoms with Gasteiger partial charge in [-0.3, -0.25) is 9.59 Å². The number of sulfone groups is 1. The molecule has 2 atom stereocenters. The van der Waals surface area contributed by atoms with Crippen LogP contribution < -0.4 is 15.0 Å². The molecule has 0 saturated heterocycles. The Morgan fingerprint density at radius 2 is 1.58 bits per heavy atom. The summed E-state index contributed by atoms with van der Waals surface area (Å²) in [6.45, 7) is 8.78. The van der Waals surface area contributed by atoms with E-state index in [1.54, 1.807) is 49.5 Å². The van der Waals surface area contributed by atoms with Gasteiger partial charge in [-0.1, -0.05) is 52.0 Å². The normalized spacial score (nSPS) is 12.8. The lowest BCUT2D eigenvalue weighted by Crippen LogP contribution is -2.35. The lowest BCUT2D eigenvalue weighted by atomic mass is 9.82. The Morgan fingerprint density at radius 3 is 2.21 bits per heavy atom. The van der Waals surface area contributed by atoms with Crippen molar-refractivity contribution in [1.82, 2.24) is 14.6 Å².